The Hall–Kier alpha value is -2.41. The van der Waals surface area contributed by atoms with Crippen LogP contribution in [0.25, 0.3) is 0 Å². The van der Waals surface area contributed by atoms with Crippen LogP contribution >= 0.6 is 0 Å². The molecular weight excluding hydrogens is 372 g/mol. The normalized spacial score (nSPS) is 15.5. The summed E-state index contributed by atoms with van der Waals surface area (Å²) in [6.45, 7) is 1.93. The van der Waals surface area contributed by atoms with Gasteiger partial charge >= 0.3 is 6.18 Å². The molecule has 28 heavy (non-hydrogen) atoms. The van der Waals surface area contributed by atoms with Gasteiger partial charge in [-0.1, -0.05) is 30.3 Å². The maximum Gasteiger partial charge on any atom is 0.416 e. The molecule has 1 aliphatic carbocycles. The molecule has 2 aromatic carbocycles. The van der Waals surface area contributed by atoms with E-state index in [4.69, 9.17) is 0 Å². The van der Waals surface area contributed by atoms with E-state index in [0.29, 0.717) is 11.1 Å². The third-order valence-electron chi connectivity index (χ3n) is 4.97. The molecule has 1 fully saturated rings. The number of amides is 1. The first-order chi connectivity index (χ1) is 13.3. The molecule has 1 amide bonds. The lowest BCUT2D eigenvalue weighted by Gasteiger charge is -2.29. The molecule has 0 bridgehead atoms. The molecule has 0 saturated heterocycles. The van der Waals surface area contributed by atoms with Gasteiger partial charge in [-0.25, -0.2) is 4.39 Å². The molecule has 0 aromatic heterocycles. The molecule has 3 rings (SSSR count). The van der Waals surface area contributed by atoms with Gasteiger partial charge in [0.25, 0.3) is 0 Å². The molecule has 150 valence electrons. The molecule has 0 unspecified atom stereocenters. The fourth-order valence-corrected chi connectivity index (χ4v) is 3.21. The van der Waals surface area contributed by atoms with Crippen LogP contribution in [0.5, 0.6) is 0 Å². The van der Waals surface area contributed by atoms with Crippen molar-refractivity contribution in [2.75, 3.05) is 6.54 Å². The second-order valence-corrected chi connectivity index (χ2v) is 7.07. The molecule has 0 radical (unpaired) electrons. The molecule has 1 atom stereocenters. The van der Waals surface area contributed by atoms with Crippen LogP contribution in [0.2, 0.25) is 0 Å². The minimum atomic E-state index is -4.41. The summed E-state index contributed by atoms with van der Waals surface area (Å²) in [6.07, 6.45) is -2.59. The Morgan fingerprint density at radius 1 is 1.18 bits per heavy atom. The fraction of sp³-hybridized carbons (Fsp3) is 0.381. The average molecular weight is 394 g/mol. The predicted molar refractivity (Wildman–Crippen MR) is 97.8 cm³/mol. The van der Waals surface area contributed by atoms with Gasteiger partial charge in [0.15, 0.2) is 0 Å². The van der Waals surface area contributed by atoms with Crippen molar-refractivity contribution in [3.63, 3.8) is 0 Å². The number of rotatable bonds is 7. The van der Waals surface area contributed by atoms with E-state index >= 15 is 0 Å². The van der Waals surface area contributed by atoms with Gasteiger partial charge in [-0.2, -0.15) is 13.2 Å². The van der Waals surface area contributed by atoms with Crippen LogP contribution in [0.15, 0.2) is 48.5 Å². The summed E-state index contributed by atoms with van der Waals surface area (Å²) in [5, 5.41) is 2.69. The molecule has 1 aliphatic rings. The number of nitrogens with one attached hydrogen (secondary N) is 1. The zero-order valence-electron chi connectivity index (χ0n) is 15.5. The van der Waals surface area contributed by atoms with E-state index in [1.54, 1.807) is 31.2 Å². The van der Waals surface area contributed by atoms with Crippen LogP contribution in [0.4, 0.5) is 17.6 Å². The Morgan fingerprint density at radius 3 is 2.54 bits per heavy atom. The van der Waals surface area contributed by atoms with Crippen molar-refractivity contribution in [1.82, 2.24) is 10.2 Å². The number of hydrogen-bond acceptors (Lipinski definition) is 2. The zero-order valence-corrected chi connectivity index (χ0v) is 15.5. The maximum atomic E-state index is 13.7. The number of alkyl halides is 3. The molecule has 0 aliphatic heterocycles. The van der Waals surface area contributed by atoms with Crippen molar-refractivity contribution in [1.29, 1.82) is 0 Å². The lowest BCUT2D eigenvalue weighted by atomic mass is 10.0. The minimum Gasteiger partial charge on any atom is -0.351 e. The van der Waals surface area contributed by atoms with Crippen LogP contribution in [-0.4, -0.2) is 23.4 Å². The Bertz CT molecular complexity index is 833. The lowest BCUT2D eigenvalue weighted by Crippen LogP contribution is -2.39. The van der Waals surface area contributed by atoms with E-state index in [-0.39, 0.29) is 36.9 Å². The van der Waals surface area contributed by atoms with Crippen LogP contribution in [-0.2, 0) is 17.5 Å². The minimum absolute atomic E-state index is 0.0521. The predicted octanol–water partition coefficient (Wildman–Crippen LogP) is 4.69. The quantitative estimate of drug-likeness (QED) is 0.692. The monoisotopic (exact) mass is 394 g/mol. The van der Waals surface area contributed by atoms with Gasteiger partial charge in [-0.05, 0) is 43.5 Å². The van der Waals surface area contributed by atoms with E-state index < -0.39 is 11.7 Å². The first-order valence-electron chi connectivity index (χ1n) is 9.18. The number of benzene rings is 2. The highest BCUT2D eigenvalue weighted by molar-refractivity contribution is 5.78. The molecular formula is C21H22F4N2O. The smallest absolute Gasteiger partial charge is 0.351 e. The highest BCUT2D eigenvalue weighted by Crippen LogP contribution is 2.36. The number of carbonyl (C=O) groups is 1. The molecule has 0 heterocycles. The number of hydrogen-bond donors (Lipinski definition) is 1. The molecule has 2 aromatic rings. The van der Waals surface area contributed by atoms with Gasteiger partial charge in [-0.15, -0.1) is 0 Å². The molecule has 1 saturated carbocycles. The largest absolute Gasteiger partial charge is 0.416 e. The lowest BCUT2D eigenvalue weighted by molar-refractivity contribution is -0.137. The molecule has 3 nitrogen and oxygen atoms in total. The van der Waals surface area contributed by atoms with Crippen molar-refractivity contribution in [2.45, 2.75) is 44.6 Å². The van der Waals surface area contributed by atoms with E-state index in [9.17, 15) is 22.4 Å². The SMILES string of the molecule is C[C@@H](c1cccc(C(F)(F)F)c1)N(CC(=O)NCc1ccccc1F)C1CC1. The van der Waals surface area contributed by atoms with Gasteiger partial charge in [0, 0.05) is 24.2 Å². The van der Waals surface area contributed by atoms with Crippen LogP contribution in [0.1, 0.15) is 42.5 Å². The summed E-state index contributed by atoms with van der Waals surface area (Å²) in [6, 6.07) is 11.2. The van der Waals surface area contributed by atoms with E-state index in [2.05, 4.69) is 5.32 Å². The highest BCUT2D eigenvalue weighted by atomic mass is 19.4. The summed E-state index contributed by atoms with van der Waals surface area (Å²) in [4.78, 5) is 14.3. The fourth-order valence-electron chi connectivity index (χ4n) is 3.21. The van der Waals surface area contributed by atoms with Crippen molar-refractivity contribution in [2.24, 2.45) is 0 Å². The molecule has 1 N–H and O–H groups in total. The van der Waals surface area contributed by atoms with Crippen LogP contribution in [0.3, 0.4) is 0 Å². The van der Waals surface area contributed by atoms with E-state index in [1.807, 2.05) is 4.90 Å². The third-order valence-corrected chi connectivity index (χ3v) is 4.97. The first-order valence-corrected chi connectivity index (χ1v) is 9.18. The number of halogens is 4. The average Bonchev–Trinajstić information content (AvgIpc) is 3.49. The van der Waals surface area contributed by atoms with Gasteiger partial charge in [0.2, 0.25) is 5.91 Å². The summed E-state index contributed by atoms with van der Waals surface area (Å²) >= 11 is 0. The second kappa shape index (κ2) is 8.31. The Kier molecular flexibility index (Phi) is 6.03. The van der Waals surface area contributed by atoms with Gasteiger partial charge in [-0.3, -0.25) is 9.69 Å². The summed E-state index contributed by atoms with van der Waals surface area (Å²) < 4.78 is 52.7. The summed E-state index contributed by atoms with van der Waals surface area (Å²) in [7, 11) is 0. The Morgan fingerprint density at radius 2 is 1.89 bits per heavy atom. The van der Waals surface area contributed by atoms with Gasteiger partial charge in [0.1, 0.15) is 5.82 Å². The van der Waals surface area contributed by atoms with Gasteiger partial charge in [0.05, 0.1) is 12.1 Å². The van der Waals surface area contributed by atoms with Crippen molar-refractivity contribution >= 4 is 5.91 Å². The van der Waals surface area contributed by atoms with Crippen molar-refractivity contribution in [3.8, 4) is 0 Å². The highest BCUT2D eigenvalue weighted by Gasteiger charge is 2.35. The topological polar surface area (TPSA) is 32.3 Å². The van der Waals surface area contributed by atoms with E-state index in [1.165, 1.54) is 12.1 Å². The van der Waals surface area contributed by atoms with Crippen molar-refractivity contribution in [3.05, 3.63) is 71.0 Å². The summed E-state index contributed by atoms with van der Waals surface area (Å²) in [5.41, 5.74) is 0.208. The Labute approximate surface area is 161 Å². The standard InChI is InChI=1S/C21H22F4N2O/c1-14(15-6-4-7-17(11-15)21(23,24)25)27(18-9-10-18)13-20(28)26-12-16-5-2-3-8-19(16)22/h2-8,11,14,18H,9-10,12-13H2,1H3,(H,26,28)/t14-/m0/s1. The van der Waals surface area contributed by atoms with Crippen LogP contribution in [0, 0.1) is 5.82 Å². The second-order valence-electron chi connectivity index (χ2n) is 7.07. The van der Waals surface area contributed by atoms with Crippen LogP contribution < -0.4 is 5.32 Å². The number of nitrogens with zero attached hydrogens (tertiary/aromatic N) is 1. The number of carbonyl (C=O) groups excluding carboxylic acids is 1. The zero-order chi connectivity index (χ0) is 20.3. The molecule has 7 heteroatoms. The molecule has 0 spiro atoms. The van der Waals surface area contributed by atoms with Crippen molar-refractivity contribution < 1.29 is 22.4 Å². The van der Waals surface area contributed by atoms with E-state index in [0.717, 1.165) is 25.0 Å². The summed E-state index contributed by atoms with van der Waals surface area (Å²) in [5.74, 6) is -0.673. The Balaban J connectivity index is 1.66. The first kappa shape index (κ1) is 20.3. The van der Waals surface area contributed by atoms with Gasteiger partial charge < -0.3 is 5.32 Å². The third kappa shape index (κ3) is 5.10. The maximum absolute atomic E-state index is 13.7.